The second-order valence-electron chi connectivity index (χ2n) is 4.76. The van der Waals surface area contributed by atoms with Crippen LogP contribution in [0.2, 0.25) is 0 Å². The Hall–Kier alpha value is -1.66. The van der Waals surface area contributed by atoms with Crippen molar-refractivity contribution in [3.05, 3.63) is 24.0 Å². The van der Waals surface area contributed by atoms with Crippen LogP contribution in [0.5, 0.6) is 0 Å². The Labute approximate surface area is 119 Å². The van der Waals surface area contributed by atoms with Crippen LogP contribution in [0.3, 0.4) is 0 Å². The maximum Gasteiger partial charge on any atom is 0.269 e. The molecule has 0 saturated carbocycles. The van der Waals surface area contributed by atoms with Gasteiger partial charge in [-0.1, -0.05) is 0 Å². The molecule has 6 nitrogen and oxygen atoms in total. The van der Waals surface area contributed by atoms with Gasteiger partial charge in [-0.3, -0.25) is 9.78 Å². The van der Waals surface area contributed by atoms with Crippen LogP contribution in [-0.4, -0.2) is 50.3 Å². The van der Waals surface area contributed by atoms with Crippen LogP contribution >= 0.6 is 0 Å². The largest absolute Gasteiger partial charge is 0.383 e. The minimum Gasteiger partial charge on any atom is -0.383 e. The first-order valence-electron chi connectivity index (χ1n) is 7.04. The topological polar surface area (TPSA) is 75.3 Å². The number of hydrogen-bond donors (Lipinski definition) is 3. The molecule has 0 atom stereocenters. The van der Waals surface area contributed by atoms with E-state index in [2.05, 4.69) is 20.9 Å². The Morgan fingerprint density at radius 2 is 2.30 bits per heavy atom. The molecule has 1 aromatic rings. The zero-order valence-corrected chi connectivity index (χ0v) is 11.8. The van der Waals surface area contributed by atoms with E-state index in [1.165, 1.54) is 0 Å². The van der Waals surface area contributed by atoms with E-state index in [9.17, 15) is 4.79 Å². The standard InChI is InChI=1S/C14H22N4O2/c1-15-14(19)13-10-11(2-7-18-13)17-8-9-20-12-3-5-16-6-4-12/h2,7,10,12,16H,3-6,8-9H2,1H3,(H,15,19)(H,17,18). The molecule has 0 bridgehead atoms. The van der Waals surface area contributed by atoms with E-state index in [0.717, 1.165) is 38.2 Å². The van der Waals surface area contributed by atoms with Crippen LogP contribution in [0.15, 0.2) is 18.3 Å². The van der Waals surface area contributed by atoms with E-state index in [0.29, 0.717) is 18.4 Å². The number of aromatic nitrogens is 1. The molecule has 2 rings (SSSR count). The number of rotatable bonds is 6. The maximum atomic E-state index is 11.5. The average molecular weight is 278 g/mol. The Morgan fingerprint density at radius 3 is 3.05 bits per heavy atom. The SMILES string of the molecule is CNC(=O)c1cc(NCCOC2CCNCC2)ccn1. The highest BCUT2D eigenvalue weighted by Gasteiger charge is 2.12. The third kappa shape index (κ3) is 4.47. The molecule has 3 N–H and O–H groups in total. The lowest BCUT2D eigenvalue weighted by atomic mass is 10.1. The number of nitrogens with one attached hydrogen (secondary N) is 3. The lowest BCUT2D eigenvalue weighted by Gasteiger charge is -2.23. The van der Waals surface area contributed by atoms with E-state index >= 15 is 0 Å². The number of carbonyl (C=O) groups is 1. The van der Waals surface area contributed by atoms with E-state index < -0.39 is 0 Å². The number of hydrogen-bond acceptors (Lipinski definition) is 5. The van der Waals surface area contributed by atoms with Gasteiger partial charge in [0.2, 0.25) is 0 Å². The molecule has 1 aliphatic rings. The van der Waals surface area contributed by atoms with E-state index in [4.69, 9.17) is 4.74 Å². The summed E-state index contributed by atoms with van der Waals surface area (Å²) in [6.07, 6.45) is 4.16. The first-order valence-corrected chi connectivity index (χ1v) is 7.04. The molecule has 6 heteroatoms. The highest BCUT2D eigenvalue weighted by atomic mass is 16.5. The van der Waals surface area contributed by atoms with Gasteiger partial charge >= 0.3 is 0 Å². The molecule has 1 saturated heterocycles. The molecular weight excluding hydrogens is 256 g/mol. The maximum absolute atomic E-state index is 11.5. The molecule has 0 unspecified atom stereocenters. The minimum absolute atomic E-state index is 0.181. The Balaban J connectivity index is 1.72. The van der Waals surface area contributed by atoms with Gasteiger partial charge in [-0.2, -0.15) is 0 Å². The molecule has 0 aliphatic carbocycles. The first kappa shape index (κ1) is 14.7. The second-order valence-corrected chi connectivity index (χ2v) is 4.76. The Bertz CT molecular complexity index is 433. The number of amides is 1. The van der Waals surface area contributed by atoms with Crippen LogP contribution in [0, 0.1) is 0 Å². The summed E-state index contributed by atoms with van der Waals surface area (Å²) < 4.78 is 5.81. The van der Waals surface area contributed by atoms with Gasteiger partial charge in [0.05, 0.1) is 12.7 Å². The Kier molecular flexibility index (Phi) is 5.76. The minimum atomic E-state index is -0.181. The van der Waals surface area contributed by atoms with Crippen LogP contribution < -0.4 is 16.0 Å². The number of ether oxygens (including phenoxy) is 1. The summed E-state index contributed by atoms with van der Waals surface area (Å²) in [6, 6.07) is 3.58. The van der Waals surface area contributed by atoms with Crippen molar-refractivity contribution >= 4 is 11.6 Å². The summed E-state index contributed by atoms with van der Waals surface area (Å²) in [5, 5.41) is 9.11. The fourth-order valence-electron chi connectivity index (χ4n) is 2.18. The predicted octanol–water partition coefficient (Wildman–Crippen LogP) is 0.622. The summed E-state index contributed by atoms with van der Waals surface area (Å²) in [5.41, 5.74) is 1.30. The van der Waals surface area contributed by atoms with Gasteiger partial charge < -0.3 is 20.7 Å². The van der Waals surface area contributed by atoms with Gasteiger partial charge in [0.1, 0.15) is 5.69 Å². The fraction of sp³-hybridized carbons (Fsp3) is 0.571. The summed E-state index contributed by atoms with van der Waals surface area (Å²) >= 11 is 0. The third-order valence-electron chi connectivity index (χ3n) is 3.29. The molecule has 1 amide bonds. The molecule has 1 aromatic heterocycles. The molecule has 0 radical (unpaired) electrons. The van der Waals surface area contributed by atoms with Crippen LogP contribution in [0.25, 0.3) is 0 Å². The van der Waals surface area contributed by atoms with Gasteiger partial charge in [0.15, 0.2) is 0 Å². The number of piperidine rings is 1. The fourth-order valence-corrected chi connectivity index (χ4v) is 2.18. The molecule has 1 fully saturated rings. The van der Waals surface area contributed by atoms with Crippen molar-refractivity contribution in [1.82, 2.24) is 15.6 Å². The third-order valence-corrected chi connectivity index (χ3v) is 3.29. The Morgan fingerprint density at radius 1 is 1.50 bits per heavy atom. The predicted molar refractivity (Wildman–Crippen MR) is 78.0 cm³/mol. The van der Waals surface area contributed by atoms with Crippen molar-refractivity contribution < 1.29 is 9.53 Å². The van der Waals surface area contributed by atoms with Gasteiger partial charge in [-0.15, -0.1) is 0 Å². The summed E-state index contributed by atoms with van der Waals surface area (Å²) in [6.45, 7) is 3.47. The first-order chi connectivity index (χ1) is 9.79. The molecule has 110 valence electrons. The highest BCUT2D eigenvalue weighted by molar-refractivity contribution is 5.92. The smallest absolute Gasteiger partial charge is 0.269 e. The van der Waals surface area contributed by atoms with Gasteiger partial charge in [-0.05, 0) is 38.1 Å². The van der Waals surface area contributed by atoms with Crippen LogP contribution in [0.4, 0.5) is 5.69 Å². The number of pyridine rings is 1. The number of carbonyl (C=O) groups excluding carboxylic acids is 1. The zero-order chi connectivity index (χ0) is 14.2. The average Bonchev–Trinajstić information content (AvgIpc) is 2.52. The van der Waals surface area contributed by atoms with E-state index in [1.54, 1.807) is 19.3 Å². The molecular formula is C14H22N4O2. The van der Waals surface area contributed by atoms with Crippen molar-refractivity contribution in [2.24, 2.45) is 0 Å². The molecule has 1 aliphatic heterocycles. The zero-order valence-electron chi connectivity index (χ0n) is 11.8. The van der Waals surface area contributed by atoms with Crippen molar-refractivity contribution in [3.63, 3.8) is 0 Å². The van der Waals surface area contributed by atoms with Crippen LogP contribution in [0.1, 0.15) is 23.3 Å². The molecule has 0 aromatic carbocycles. The van der Waals surface area contributed by atoms with E-state index in [1.807, 2.05) is 6.07 Å². The summed E-state index contributed by atoms with van der Waals surface area (Å²) in [4.78, 5) is 15.5. The summed E-state index contributed by atoms with van der Waals surface area (Å²) in [7, 11) is 1.59. The lowest BCUT2D eigenvalue weighted by Crippen LogP contribution is -2.33. The number of anilines is 1. The molecule has 20 heavy (non-hydrogen) atoms. The van der Waals surface area contributed by atoms with Gasteiger partial charge in [-0.25, -0.2) is 0 Å². The van der Waals surface area contributed by atoms with Gasteiger partial charge in [0, 0.05) is 25.5 Å². The monoisotopic (exact) mass is 278 g/mol. The molecule has 0 spiro atoms. The summed E-state index contributed by atoms with van der Waals surface area (Å²) in [5.74, 6) is -0.181. The van der Waals surface area contributed by atoms with Crippen LogP contribution in [-0.2, 0) is 4.74 Å². The van der Waals surface area contributed by atoms with Crippen molar-refractivity contribution in [2.45, 2.75) is 18.9 Å². The van der Waals surface area contributed by atoms with Gasteiger partial charge in [0.25, 0.3) is 5.91 Å². The van der Waals surface area contributed by atoms with Crippen molar-refractivity contribution in [1.29, 1.82) is 0 Å². The van der Waals surface area contributed by atoms with Crippen molar-refractivity contribution in [3.8, 4) is 0 Å². The second kappa shape index (κ2) is 7.81. The quantitative estimate of drug-likeness (QED) is 0.665. The van der Waals surface area contributed by atoms with E-state index in [-0.39, 0.29) is 5.91 Å². The normalized spacial score (nSPS) is 15.8. The highest BCUT2D eigenvalue weighted by Crippen LogP contribution is 2.09. The molecule has 2 heterocycles. The number of nitrogens with zero attached hydrogens (tertiary/aromatic N) is 1. The van der Waals surface area contributed by atoms with Crippen molar-refractivity contribution in [2.75, 3.05) is 38.6 Å². The lowest BCUT2D eigenvalue weighted by molar-refractivity contribution is 0.0394.